The van der Waals surface area contributed by atoms with Crippen LogP contribution in [-0.2, 0) is 23.3 Å². The highest BCUT2D eigenvalue weighted by Crippen LogP contribution is 2.28. The molecule has 1 aliphatic rings. The van der Waals surface area contributed by atoms with Gasteiger partial charge < -0.3 is 5.11 Å². The number of carboxylic acids is 1. The first-order valence-corrected chi connectivity index (χ1v) is 8.83. The van der Waals surface area contributed by atoms with E-state index >= 15 is 0 Å². The van der Waals surface area contributed by atoms with Crippen molar-refractivity contribution >= 4 is 5.97 Å². The Morgan fingerprint density at radius 3 is 2.92 bits per heavy atom. The second kappa shape index (κ2) is 7.00. The van der Waals surface area contributed by atoms with Crippen LogP contribution in [0.3, 0.4) is 0 Å². The first kappa shape index (κ1) is 17.7. The van der Waals surface area contributed by atoms with Crippen molar-refractivity contribution < 1.29 is 9.90 Å². The fourth-order valence-corrected chi connectivity index (χ4v) is 3.46. The fourth-order valence-electron chi connectivity index (χ4n) is 3.46. The molecule has 2 aromatic rings. The monoisotopic (exact) mass is 345 g/mol. The summed E-state index contributed by atoms with van der Waals surface area (Å²) in [5.74, 6) is -0.537. The van der Waals surface area contributed by atoms with Gasteiger partial charge in [-0.1, -0.05) is 20.8 Å². The van der Waals surface area contributed by atoms with Gasteiger partial charge in [-0.25, -0.2) is 0 Å². The molecule has 0 radical (unpaired) electrons. The van der Waals surface area contributed by atoms with Crippen molar-refractivity contribution in [2.24, 2.45) is 0 Å². The highest BCUT2D eigenvalue weighted by molar-refractivity contribution is 5.66. The molecule has 3 heterocycles. The predicted molar refractivity (Wildman–Crippen MR) is 94.4 cm³/mol. The average Bonchev–Trinajstić information content (AvgIpc) is 3.16. The molecule has 0 amide bonds. The zero-order valence-electron chi connectivity index (χ0n) is 15.2. The number of aliphatic carboxylic acids is 1. The summed E-state index contributed by atoms with van der Waals surface area (Å²) in [4.78, 5) is 13.4. The van der Waals surface area contributed by atoms with Crippen molar-refractivity contribution in [3.8, 4) is 0 Å². The number of carboxylic acid groups (broad SMARTS) is 1. The summed E-state index contributed by atoms with van der Waals surface area (Å²) < 4.78 is 1.62. The van der Waals surface area contributed by atoms with Crippen LogP contribution < -0.4 is 0 Å². The molecule has 1 fully saturated rings. The smallest absolute Gasteiger partial charge is 0.325 e. The van der Waals surface area contributed by atoms with Crippen molar-refractivity contribution in [2.45, 2.75) is 58.0 Å². The molecule has 7 nitrogen and oxygen atoms in total. The van der Waals surface area contributed by atoms with Crippen LogP contribution >= 0.6 is 0 Å². The largest absolute Gasteiger partial charge is 0.480 e. The lowest BCUT2D eigenvalue weighted by Gasteiger charge is -2.32. The number of carbonyl (C=O) groups is 1. The molecule has 0 bridgehead atoms. The molecule has 0 saturated carbocycles. The number of aromatic amines is 1. The lowest BCUT2D eigenvalue weighted by Crippen LogP contribution is -2.35. The summed E-state index contributed by atoms with van der Waals surface area (Å²) in [5.41, 5.74) is 3.27. The van der Waals surface area contributed by atoms with Crippen molar-refractivity contribution in [1.29, 1.82) is 0 Å². The number of aromatic nitrogens is 4. The van der Waals surface area contributed by atoms with Crippen molar-refractivity contribution in [1.82, 2.24) is 24.9 Å². The molecule has 1 aliphatic heterocycles. The van der Waals surface area contributed by atoms with E-state index in [4.69, 9.17) is 5.11 Å². The van der Waals surface area contributed by atoms with Gasteiger partial charge in [-0.3, -0.25) is 19.5 Å². The van der Waals surface area contributed by atoms with Gasteiger partial charge in [0.25, 0.3) is 0 Å². The third-order valence-electron chi connectivity index (χ3n) is 4.75. The SMILES string of the molecule is CC(C)(C)c1cc(CN2CCCC(c3ccnn3CC(=O)O)C2)[nH]n1. The number of hydrogen-bond donors (Lipinski definition) is 2. The van der Waals surface area contributed by atoms with E-state index in [-0.39, 0.29) is 12.0 Å². The Bertz CT molecular complexity index is 728. The Morgan fingerprint density at radius 1 is 1.44 bits per heavy atom. The van der Waals surface area contributed by atoms with E-state index in [9.17, 15) is 4.79 Å². The van der Waals surface area contributed by atoms with Crippen LogP contribution in [0.5, 0.6) is 0 Å². The molecule has 3 rings (SSSR count). The maximum absolute atomic E-state index is 11.0. The molecule has 1 atom stereocenters. The molecule has 0 spiro atoms. The van der Waals surface area contributed by atoms with Crippen LogP contribution in [0.25, 0.3) is 0 Å². The number of rotatable bonds is 5. The Balaban J connectivity index is 1.66. The second-order valence-corrected chi connectivity index (χ2v) is 7.91. The number of H-pyrrole nitrogens is 1. The molecule has 7 heteroatoms. The first-order chi connectivity index (χ1) is 11.8. The highest BCUT2D eigenvalue weighted by atomic mass is 16.4. The number of hydrogen-bond acceptors (Lipinski definition) is 4. The van der Waals surface area contributed by atoms with Gasteiger partial charge in [0.15, 0.2) is 0 Å². The number of likely N-dealkylation sites (tertiary alicyclic amines) is 1. The van der Waals surface area contributed by atoms with E-state index in [1.165, 1.54) is 0 Å². The third kappa shape index (κ3) is 4.28. The van der Waals surface area contributed by atoms with Gasteiger partial charge in [0.05, 0.1) is 5.69 Å². The van der Waals surface area contributed by atoms with Crippen LogP contribution in [-0.4, -0.2) is 49.0 Å². The number of nitrogens with one attached hydrogen (secondary N) is 1. The second-order valence-electron chi connectivity index (χ2n) is 7.91. The topological polar surface area (TPSA) is 87.0 Å². The van der Waals surface area contributed by atoms with Crippen LogP contribution in [0.1, 0.15) is 56.6 Å². The quantitative estimate of drug-likeness (QED) is 0.869. The number of nitrogens with zero attached hydrogens (tertiary/aromatic N) is 4. The van der Waals surface area contributed by atoms with Gasteiger partial charge in [0.1, 0.15) is 6.54 Å². The standard InChI is InChI=1S/C18H27N5O2/c1-18(2,3)16-9-14(20-21-16)11-22-8-4-5-13(10-22)15-6-7-19-23(15)12-17(24)25/h6-7,9,13H,4-5,8,10-12H2,1-3H3,(H,20,21)(H,24,25). The van der Waals surface area contributed by atoms with Crippen LogP contribution in [0.15, 0.2) is 18.3 Å². The molecule has 0 aromatic carbocycles. The highest BCUT2D eigenvalue weighted by Gasteiger charge is 2.25. The van der Waals surface area contributed by atoms with Gasteiger partial charge >= 0.3 is 5.97 Å². The minimum atomic E-state index is -0.857. The molecule has 0 aliphatic carbocycles. The summed E-state index contributed by atoms with van der Waals surface area (Å²) in [6.07, 6.45) is 3.86. The molecule has 2 N–H and O–H groups in total. The lowest BCUT2D eigenvalue weighted by molar-refractivity contribution is -0.137. The van der Waals surface area contributed by atoms with E-state index in [0.29, 0.717) is 5.92 Å². The lowest BCUT2D eigenvalue weighted by atomic mass is 9.92. The zero-order chi connectivity index (χ0) is 18.0. The van der Waals surface area contributed by atoms with E-state index in [1.807, 2.05) is 6.07 Å². The molecule has 1 saturated heterocycles. The molecular weight excluding hydrogens is 318 g/mol. The van der Waals surface area contributed by atoms with Crippen LogP contribution in [0, 0.1) is 0 Å². The van der Waals surface area contributed by atoms with Gasteiger partial charge in [-0.05, 0) is 31.5 Å². The summed E-state index contributed by atoms with van der Waals surface area (Å²) >= 11 is 0. The van der Waals surface area contributed by atoms with E-state index < -0.39 is 5.97 Å². The Kier molecular flexibility index (Phi) is 4.94. The molecule has 25 heavy (non-hydrogen) atoms. The predicted octanol–water partition coefficient (Wildman–Crippen LogP) is 2.37. The summed E-state index contributed by atoms with van der Waals surface area (Å²) in [7, 11) is 0. The maximum atomic E-state index is 11.0. The van der Waals surface area contributed by atoms with Gasteiger partial charge in [-0.2, -0.15) is 10.2 Å². The van der Waals surface area contributed by atoms with Crippen molar-refractivity contribution in [3.63, 3.8) is 0 Å². The average molecular weight is 345 g/mol. The maximum Gasteiger partial charge on any atom is 0.325 e. The van der Waals surface area contributed by atoms with E-state index in [2.05, 4.69) is 47.0 Å². The Morgan fingerprint density at radius 2 is 2.24 bits per heavy atom. The minimum absolute atomic E-state index is 0.0442. The Labute approximate surface area is 148 Å². The molecule has 136 valence electrons. The van der Waals surface area contributed by atoms with Gasteiger partial charge in [0.2, 0.25) is 0 Å². The Hall–Kier alpha value is -2.15. The third-order valence-corrected chi connectivity index (χ3v) is 4.75. The fraction of sp³-hybridized carbons (Fsp3) is 0.611. The van der Waals surface area contributed by atoms with Crippen molar-refractivity contribution in [3.05, 3.63) is 35.4 Å². The first-order valence-electron chi connectivity index (χ1n) is 8.83. The zero-order valence-corrected chi connectivity index (χ0v) is 15.2. The normalized spacial score (nSPS) is 19.2. The van der Waals surface area contributed by atoms with Gasteiger partial charge in [0, 0.05) is 42.0 Å². The van der Waals surface area contributed by atoms with E-state index in [1.54, 1.807) is 10.9 Å². The summed E-state index contributed by atoms with van der Waals surface area (Å²) in [5, 5.41) is 20.8. The van der Waals surface area contributed by atoms with Crippen LogP contribution in [0.2, 0.25) is 0 Å². The molecular formula is C18H27N5O2. The number of piperidine rings is 1. The van der Waals surface area contributed by atoms with Gasteiger partial charge in [-0.15, -0.1) is 0 Å². The minimum Gasteiger partial charge on any atom is -0.480 e. The molecule has 2 aromatic heterocycles. The van der Waals surface area contributed by atoms with E-state index in [0.717, 1.165) is 49.6 Å². The van der Waals surface area contributed by atoms with Crippen molar-refractivity contribution in [2.75, 3.05) is 13.1 Å². The summed E-state index contributed by atoms with van der Waals surface area (Å²) in [6.45, 7) is 9.21. The van der Waals surface area contributed by atoms with Crippen LogP contribution in [0.4, 0.5) is 0 Å². The molecule has 1 unspecified atom stereocenters. The summed E-state index contributed by atoms with van der Waals surface area (Å²) in [6, 6.07) is 4.10.